The van der Waals surface area contributed by atoms with Gasteiger partial charge in [-0.3, -0.25) is 14.5 Å². The zero-order valence-electron chi connectivity index (χ0n) is 22.1. The number of carbonyl (C=O) groups is 2. The number of hydrogen-bond donors (Lipinski definition) is 1. The molecular weight excluding hydrogens is 492 g/mol. The average Bonchev–Trinajstić information content (AvgIpc) is 2.89. The van der Waals surface area contributed by atoms with E-state index in [4.69, 9.17) is 4.74 Å². The molecule has 3 rings (SSSR count). The molecule has 0 atom stereocenters. The van der Waals surface area contributed by atoms with E-state index in [0.717, 1.165) is 30.5 Å². The quantitative estimate of drug-likeness (QED) is 0.591. The second-order valence-electron chi connectivity index (χ2n) is 9.41. The summed E-state index contributed by atoms with van der Waals surface area (Å²) in [7, 11) is -3.51. The summed E-state index contributed by atoms with van der Waals surface area (Å²) in [4.78, 5) is 32.8. The molecule has 0 bridgehead atoms. The lowest BCUT2D eigenvalue weighted by Crippen LogP contribution is -2.44. The molecular formula is C27H38N4O5S. The third-order valence-corrected chi connectivity index (χ3v) is 7.03. The molecule has 0 unspecified atom stereocenters. The zero-order chi connectivity index (χ0) is 27.0. The molecule has 9 nitrogen and oxygen atoms in total. The maximum atomic E-state index is 13.9. The topological polar surface area (TPSA) is 99.3 Å². The first-order chi connectivity index (χ1) is 17.6. The first-order valence-electron chi connectivity index (χ1n) is 12.7. The summed E-state index contributed by atoms with van der Waals surface area (Å²) >= 11 is 0. The lowest BCUT2D eigenvalue weighted by atomic mass is 10.1. The van der Waals surface area contributed by atoms with E-state index in [0.29, 0.717) is 37.6 Å². The molecule has 0 saturated heterocycles. The van der Waals surface area contributed by atoms with Gasteiger partial charge in [0, 0.05) is 44.5 Å². The lowest BCUT2D eigenvalue weighted by Gasteiger charge is -2.30. The van der Waals surface area contributed by atoms with Crippen molar-refractivity contribution in [2.75, 3.05) is 50.5 Å². The molecule has 2 amide bonds. The molecule has 0 spiro atoms. The van der Waals surface area contributed by atoms with Crippen LogP contribution in [0.25, 0.3) is 0 Å². The number of rotatable bonds is 7. The first-order valence-corrected chi connectivity index (χ1v) is 14.6. The predicted octanol–water partition coefficient (Wildman–Crippen LogP) is 2.72. The van der Waals surface area contributed by atoms with Gasteiger partial charge in [0.15, 0.2) is 0 Å². The number of benzene rings is 2. The molecule has 0 aliphatic carbocycles. The van der Waals surface area contributed by atoms with Gasteiger partial charge in [0.05, 0.1) is 25.0 Å². The van der Waals surface area contributed by atoms with Crippen molar-refractivity contribution >= 4 is 27.5 Å². The second-order valence-corrected chi connectivity index (χ2v) is 11.2. The second kappa shape index (κ2) is 13.0. The van der Waals surface area contributed by atoms with Gasteiger partial charge in [-0.2, -0.15) is 0 Å². The largest absolute Gasteiger partial charge is 0.493 e. The smallest absolute Gasteiger partial charge is 0.262 e. The Kier molecular flexibility index (Phi) is 10.1. The first kappa shape index (κ1) is 28.6. The highest BCUT2D eigenvalue weighted by molar-refractivity contribution is 7.88. The molecule has 1 aliphatic rings. The molecule has 1 aliphatic heterocycles. The minimum Gasteiger partial charge on any atom is -0.493 e. The van der Waals surface area contributed by atoms with Crippen molar-refractivity contribution in [3.8, 4) is 5.75 Å². The highest BCUT2D eigenvalue weighted by Gasteiger charge is 2.26. The molecule has 0 aromatic heterocycles. The van der Waals surface area contributed by atoms with E-state index in [1.165, 1.54) is 0 Å². The predicted molar refractivity (Wildman–Crippen MR) is 145 cm³/mol. The number of nitrogens with zero attached hydrogens (tertiary/aromatic N) is 3. The van der Waals surface area contributed by atoms with Gasteiger partial charge in [0.1, 0.15) is 5.75 Å². The van der Waals surface area contributed by atoms with E-state index in [1.54, 1.807) is 21.9 Å². The summed E-state index contributed by atoms with van der Waals surface area (Å²) < 4.78 is 31.3. The summed E-state index contributed by atoms with van der Waals surface area (Å²) in [6, 6.07) is 15.0. The summed E-state index contributed by atoms with van der Waals surface area (Å²) in [6.45, 7) is 8.82. The van der Waals surface area contributed by atoms with Crippen molar-refractivity contribution in [1.29, 1.82) is 0 Å². The van der Waals surface area contributed by atoms with Gasteiger partial charge < -0.3 is 14.5 Å². The van der Waals surface area contributed by atoms with Crippen LogP contribution in [0.4, 0.5) is 5.69 Å². The van der Waals surface area contributed by atoms with E-state index in [9.17, 15) is 18.0 Å². The Balaban J connectivity index is 2.01. The molecule has 202 valence electrons. The maximum absolute atomic E-state index is 13.9. The van der Waals surface area contributed by atoms with Crippen LogP contribution >= 0.6 is 0 Å². The van der Waals surface area contributed by atoms with Gasteiger partial charge in [-0.15, -0.1) is 0 Å². The van der Waals surface area contributed by atoms with Crippen LogP contribution in [0, 0.1) is 0 Å². The van der Waals surface area contributed by atoms with Gasteiger partial charge in [0.25, 0.3) is 5.91 Å². The van der Waals surface area contributed by atoms with Crippen molar-refractivity contribution < 1.29 is 22.7 Å². The van der Waals surface area contributed by atoms with Crippen molar-refractivity contribution in [3.63, 3.8) is 0 Å². The van der Waals surface area contributed by atoms with Crippen LogP contribution < -0.4 is 14.4 Å². The molecule has 1 heterocycles. The molecule has 10 heteroatoms. The summed E-state index contributed by atoms with van der Waals surface area (Å²) in [5.41, 5.74) is 2.03. The van der Waals surface area contributed by atoms with Crippen LogP contribution in [0.2, 0.25) is 0 Å². The number of sulfonamides is 1. The number of para-hydroxylation sites is 2. The Morgan fingerprint density at radius 2 is 1.70 bits per heavy atom. The van der Waals surface area contributed by atoms with Gasteiger partial charge in [-0.05, 0) is 51.0 Å². The molecule has 0 saturated carbocycles. The van der Waals surface area contributed by atoms with Gasteiger partial charge in [-0.25, -0.2) is 13.1 Å². The summed E-state index contributed by atoms with van der Waals surface area (Å²) in [5, 5.41) is 0. The Labute approximate surface area is 220 Å². The Morgan fingerprint density at radius 1 is 1.00 bits per heavy atom. The lowest BCUT2D eigenvalue weighted by molar-refractivity contribution is -0.130. The number of anilines is 1. The average molecular weight is 531 g/mol. The van der Waals surface area contributed by atoms with Crippen molar-refractivity contribution in [2.24, 2.45) is 0 Å². The number of amides is 2. The van der Waals surface area contributed by atoms with E-state index < -0.39 is 10.0 Å². The van der Waals surface area contributed by atoms with Crippen molar-refractivity contribution in [2.45, 2.75) is 39.8 Å². The van der Waals surface area contributed by atoms with E-state index in [2.05, 4.69) is 23.5 Å². The van der Waals surface area contributed by atoms with Gasteiger partial charge >= 0.3 is 0 Å². The van der Waals surface area contributed by atoms with Crippen LogP contribution in [0.3, 0.4) is 0 Å². The van der Waals surface area contributed by atoms with Crippen molar-refractivity contribution in [3.05, 3.63) is 59.7 Å². The molecule has 1 N–H and O–H groups in total. The van der Waals surface area contributed by atoms with E-state index in [-0.39, 0.29) is 30.9 Å². The molecule has 0 radical (unpaired) electrons. The minimum absolute atomic E-state index is 0.163. The van der Waals surface area contributed by atoms with Crippen LogP contribution in [0.15, 0.2) is 48.5 Å². The Morgan fingerprint density at radius 3 is 2.41 bits per heavy atom. The fraction of sp³-hybridized carbons (Fsp3) is 0.481. The van der Waals surface area contributed by atoms with E-state index >= 15 is 0 Å². The Bertz CT molecular complexity index is 1180. The van der Waals surface area contributed by atoms with Crippen LogP contribution in [0.5, 0.6) is 5.75 Å². The highest BCUT2D eigenvalue weighted by Crippen LogP contribution is 2.28. The standard InChI is InChI=1S/C27H38N4O5S/c1-5-36-25-14-9-7-12-23(25)27(33)31-16-10-15-29(21(2)3)17-18-30(26(32)19-28-37(4,34)35)20-22-11-6-8-13-24(22)31/h6-9,11-14,21,28H,5,10,15-20H2,1-4H3. The summed E-state index contributed by atoms with van der Waals surface area (Å²) in [5.74, 6) is 0.0560. The SMILES string of the molecule is CCOc1ccccc1C(=O)N1CCCN(C(C)C)CCN(C(=O)CNS(C)(=O)=O)Cc2ccccc21. The molecule has 37 heavy (non-hydrogen) atoms. The Hall–Kier alpha value is -2.95. The van der Waals surface area contributed by atoms with Gasteiger partial charge in [-0.1, -0.05) is 30.3 Å². The third kappa shape index (κ3) is 8.02. The molecule has 2 aromatic rings. The monoisotopic (exact) mass is 530 g/mol. The van der Waals surface area contributed by atoms with Crippen molar-refractivity contribution in [1.82, 2.24) is 14.5 Å². The number of ether oxygens (including phenoxy) is 1. The summed E-state index contributed by atoms with van der Waals surface area (Å²) in [6.07, 6.45) is 1.78. The molecule has 0 fully saturated rings. The normalized spacial score (nSPS) is 15.7. The van der Waals surface area contributed by atoms with Gasteiger partial charge in [0.2, 0.25) is 15.9 Å². The van der Waals surface area contributed by atoms with Crippen LogP contribution in [-0.2, 0) is 21.4 Å². The number of fused-ring (bicyclic) bond motifs is 1. The minimum atomic E-state index is -3.51. The van der Waals surface area contributed by atoms with Crippen LogP contribution in [0.1, 0.15) is 43.1 Å². The number of carbonyl (C=O) groups excluding carboxylic acids is 2. The maximum Gasteiger partial charge on any atom is 0.262 e. The third-order valence-electron chi connectivity index (χ3n) is 6.36. The fourth-order valence-corrected chi connectivity index (χ4v) is 4.81. The van der Waals surface area contributed by atoms with E-state index in [1.807, 2.05) is 43.3 Å². The number of hydrogen-bond acceptors (Lipinski definition) is 6. The number of nitrogens with one attached hydrogen (secondary N) is 1. The van der Waals surface area contributed by atoms with Crippen LogP contribution in [-0.4, -0.2) is 81.7 Å². The highest BCUT2D eigenvalue weighted by atomic mass is 32.2. The fourth-order valence-electron chi connectivity index (χ4n) is 4.42. The molecule has 2 aromatic carbocycles. The zero-order valence-corrected chi connectivity index (χ0v) is 23.0.